The molecule has 4 aliphatic rings. The van der Waals surface area contributed by atoms with E-state index in [9.17, 15) is 4.79 Å². The summed E-state index contributed by atoms with van der Waals surface area (Å²) in [6.45, 7) is 2.00. The smallest absolute Gasteiger partial charge is 0.232 e. The first-order valence-electron chi connectivity index (χ1n) is 11.2. The van der Waals surface area contributed by atoms with Crippen molar-refractivity contribution in [3.8, 4) is 0 Å². The Hall–Kier alpha value is -2.35. The van der Waals surface area contributed by atoms with Crippen LogP contribution >= 0.6 is 11.8 Å². The Balaban J connectivity index is 1.19. The summed E-state index contributed by atoms with van der Waals surface area (Å²) in [5.41, 5.74) is 6.85. The minimum absolute atomic E-state index is 0.0556. The first-order chi connectivity index (χ1) is 15.0. The molecule has 8 heteroatoms. The number of hydrogen-bond donors (Lipinski definition) is 3. The van der Waals surface area contributed by atoms with E-state index in [2.05, 4.69) is 25.6 Å². The third-order valence-corrected chi connectivity index (χ3v) is 8.11. The average Bonchev–Trinajstić information content (AvgIpc) is 2.71. The fourth-order valence-electron chi connectivity index (χ4n) is 6.17. The van der Waals surface area contributed by atoms with E-state index in [0.717, 1.165) is 23.4 Å². The number of carbonyl (C=O) groups is 1. The lowest BCUT2D eigenvalue weighted by Crippen LogP contribution is -2.60. The topological polar surface area (TPSA) is 106 Å². The zero-order valence-corrected chi connectivity index (χ0v) is 18.7. The van der Waals surface area contributed by atoms with Gasteiger partial charge in [0.1, 0.15) is 5.82 Å². The SMILES string of the molecule is C[C@@H](SCC(=O)NC12CC3CC(CC(C3)C1)C2)c1nc(N)nc(Nc2ccccc2)n1. The predicted molar refractivity (Wildman–Crippen MR) is 124 cm³/mol. The van der Waals surface area contributed by atoms with Gasteiger partial charge in [-0.1, -0.05) is 18.2 Å². The monoisotopic (exact) mass is 438 g/mol. The molecule has 4 bridgehead atoms. The number of carbonyl (C=O) groups excluding carboxylic acids is 1. The van der Waals surface area contributed by atoms with Crippen LogP contribution in [-0.4, -0.2) is 32.2 Å². The summed E-state index contributed by atoms with van der Waals surface area (Å²) in [5.74, 6) is 4.16. The molecule has 1 aromatic heterocycles. The van der Waals surface area contributed by atoms with E-state index in [1.165, 1.54) is 38.5 Å². The van der Waals surface area contributed by atoms with Crippen LogP contribution in [0.2, 0.25) is 0 Å². The molecule has 4 fully saturated rings. The van der Waals surface area contributed by atoms with Crippen LogP contribution in [0.3, 0.4) is 0 Å². The van der Waals surface area contributed by atoms with E-state index in [4.69, 9.17) is 5.73 Å². The molecule has 7 nitrogen and oxygen atoms in total. The van der Waals surface area contributed by atoms with Crippen molar-refractivity contribution in [2.45, 2.75) is 56.2 Å². The zero-order chi connectivity index (χ0) is 21.4. The van der Waals surface area contributed by atoms with Gasteiger partial charge in [-0.25, -0.2) is 0 Å². The number of hydrogen-bond acceptors (Lipinski definition) is 7. The quantitative estimate of drug-likeness (QED) is 0.598. The highest BCUT2D eigenvalue weighted by Crippen LogP contribution is 2.55. The molecule has 0 unspecified atom stereocenters. The van der Waals surface area contributed by atoms with E-state index >= 15 is 0 Å². The van der Waals surface area contributed by atoms with Gasteiger partial charge in [-0.15, -0.1) is 11.8 Å². The predicted octanol–water partition coefficient (Wildman–Crippen LogP) is 4.08. The van der Waals surface area contributed by atoms with Gasteiger partial charge >= 0.3 is 0 Å². The molecule has 6 rings (SSSR count). The summed E-state index contributed by atoms with van der Waals surface area (Å²) in [4.78, 5) is 25.8. The van der Waals surface area contributed by atoms with Gasteiger partial charge in [0.05, 0.1) is 11.0 Å². The molecule has 4 N–H and O–H groups in total. The van der Waals surface area contributed by atoms with E-state index in [1.54, 1.807) is 11.8 Å². The van der Waals surface area contributed by atoms with Crippen LogP contribution in [0, 0.1) is 17.8 Å². The minimum atomic E-state index is -0.0660. The second kappa shape index (κ2) is 8.30. The van der Waals surface area contributed by atoms with E-state index < -0.39 is 0 Å². The van der Waals surface area contributed by atoms with Crippen molar-refractivity contribution in [2.75, 3.05) is 16.8 Å². The Labute approximate surface area is 187 Å². The molecule has 0 spiro atoms. The van der Waals surface area contributed by atoms with Crippen molar-refractivity contribution in [1.82, 2.24) is 20.3 Å². The maximum absolute atomic E-state index is 12.8. The number of aromatic nitrogens is 3. The maximum atomic E-state index is 12.8. The van der Waals surface area contributed by atoms with Gasteiger partial charge in [-0.05, 0) is 75.3 Å². The van der Waals surface area contributed by atoms with Crippen LogP contribution in [-0.2, 0) is 4.79 Å². The highest BCUT2D eigenvalue weighted by molar-refractivity contribution is 8.00. The van der Waals surface area contributed by atoms with Crippen LogP contribution in [0.5, 0.6) is 0 Å². The fraction of sp³-hybridized carbons (Fsp3) is 0.565. The highest BCUT2D eigenvalue weighted by Gasteiger charge is 2.51. The molecule has 0 aliphatic heterocycles. The Morgan fingerprint density at radius 1 is 1.10 bits per heavy atom. The number of nitrogen functional groups attached to an aromatic ring is 1. The van der Waals surface area contributed by atoms with Gasteiger partial charge in [-0.2, -0.15) is 15.0 Å². The number of nitrogens with zero attached hydrogens (tertiary/aromatic N) is 3. The molecule has 31 heavy (non-hydrogen) atoms. The van der Waals surface area contributed by atoms with Crippen LogP contribution < -0.4 is 16.4 Å². The lowest BCUT2D eigenvalue weighted by atomic mass is 9.53. The average molecular weight is 439 g/mol. The van der Waals surface area contributed by atoms with Crippen molar-refractivity contribution < 1.29 is 4.79 Å². The summed E-state index contributed by atoms with van der Waals surface area (Å²) < 4.78 is 0. The molecule has 4 saturated carbocycles. The summed E-state index contributed by atoms with van der Waals surface area (Å²) >= 11 is 1.54. The van der Waals surface area contributed by atoms with Gasteiger partial charge in [-0.3, -0.25) is 4.79 Å². The Bertz CT molecular complexity index is 917. The number of nitrogens with two attached hydrogens (primary N) is 1. The minimum Gasteiger partial charge on any atom is -0.368 e. The number of amides is 1. The van der Waals surface area contributed by atoms with Gasteiger partial charge in [0.2, 0.25) is 17.8 Å². The lowest BCUT2D eigenvalue weighted by Gasteiger charge is -2.56. The summed E-state index contributed by atoms with van der Waals surface area (Å²) in [5, 5.41) is 6.53. The molecule has 164 valence electrons. The van der Waals surface area contributed by atoms with Crippen LogP contribution in [0.25, 0.3) is 0 Å². The first kappa shape index (κ1) is 20.5. The molecule has 1 heterocycles. The van der Waals surface area contributed by atoms with E-state index in [0.29, 0.717) is 17.5 Å². The summed E-state index contributed by atoms with van der Waals surface area (Å²) in [6.07, 6.45) is 7.64. The number of anilines is 3. The zero-order valence-electron chi connectivity index (χ0n) is 17.9. The van der Waals surface area contributed by atoms with E-state index in [1.807, 2.05) is 37.3 Å². The largest absolute Gasteiger partial charge is 0.368 e. The second-order valence-electron chi connectivity index (χ2n) is 9.57. The van der Waals surface area contributed by atoms with Gasteiger partial charge in [0.15, 0.2) is 0 Å². The number of thioether (sulfide) groups is 1. The van der Waals surface area contributed by atoms with Gasteiger partial charge in [0, 0.05) is 11.2 Å². The third kappa shape index (κ3) is 4.63. The summed E-state index contributed by atoms with van der Waals surface area (Å²) in [7, 11) is 0. The molecule has 2 aromatic rings. The highest BCUT2D eigenvalue weighted by atomic mass is 32.2. The van der Waals surface area contributed by atoms with Crippen molar-refractivity contribution in [1.29, 1.82) is 0 Å². The molecular weight excluding hydrogens is 408 g/mol. The third-order valence-electron chi connectivity index (χ3n) is 6.97. The molecule has 1 amide bonds. The number of benzene rings is 1. The molecule has 1 atom stereocenters. The second-order valence-corrected chi connectivity index (χ2v) is 10.9. The van der Waals surface area contributed by atoms with Crippen molar-refractivity contribution in [3.05, 3.63) is 36.2 Å². The Morgan fingerprint density at radius 3 is 2.39 bits per heavy atom. The van der Waals surface area contributed by atoms with Gasteiger partial charge in [0.25, 0.3) is 0 Å². The molecule has 1 aromatic carbocycles. The standard InChI is InChI=1S/C23H30N6OS/c1-14(20-26-21(24)28-22(27-20)25-18-5-3-2-4-6-18)31-13-19(30)29-23-10-15-7-16(11-23)9-17(8-15)12-23/h2-6,14-17H,7-13H2,1H3,(H,29,30)(H3,24,25,26,27,28)/t14-,15?,16?,17?,23?/m1/s1. The van der Waals surface area contributed by atoms with Crippen LogP contribution in [0.4, 0.5) is 17.6 Å². The van der Waals surface area contributed by atoms with E-state index in [-0.39, 0.29) is 22.6 Å². The number of para-hydroxylation sites is 1. The van der Waals surface area contributed by atoms with Crippen LogP contribution in [0.1, 0.15) is 56.5 Å². The molecule has 0 saturated heterocycles. The van der Waals surface area contributed by atoms with Crippen molar-refractivity contribution >= 4 is 35.3 Å². The summed E-state index contributed by atoms with van der Waals surface area (Å²) in [6, 6.07) is 9.70. The fourth-order valence-corrected chi connectivity index (χ4v) is 6.90. The van der Waals surface area contributed by atoms with Crippen molar-refractivity contribution in [2.24, 2.45) is 17.8 Å². The maximum Gasteiger partial charge on any atom is 0.232 e. The van der Waals surface area contributed by atoms with Gasteiger partial charge < -0.3 is 16.4 Å². The normalized spacial score (nSPS) is 29.5. The molecule has 4 aliphatic carbocycles. The first-order valence-corrected chi connectivity index (χ1v) is 12.3. The number of nitrogens with one attached hydrogen (secondary N) is 2. The van der Waals surface area contributed by atoms with Crippen LogP contribution in [0.15, 0.2) is 30.3 Å². The Morgan fingerprint density at radius 2 is 1.74 bits per heavy atom. The Kier molecular flexibility index (Phi) is 5.50. The number of rotatable bonds is 7. The lowest BCUT2D eigenvalue weighted by molar-refractivity contribution is -0.124. The molecule has 0 radical (unpaired) electrons. The molecular formula is C23H30N6OS. The van der Waals surface area contributed by atoms with Crippen molar-refractivity contribution in [3.63, 3.8) is 0 Å².